The Labute approximate surface area is 211 Å². The van der Waals surface area contributed by atoms with Gasteiger partial charge in [0.2, 0.25) is 5.91 Å². The van der Waals surface area contributed by atoms with Crippen LogP contribution in [0.4, 0.5) is 5.69 Å². The molecule has 11 heteroatoms. The van der Waals surface area contributed by atoms with Crippen molar-refractivity contribution in [2.75, 3.05) is 11.9 Å². The number of pyridine rings is 1. The van der Waals surface area contributed by atoms with Gasteiger partial charge in [0, 0.05) is 47.2 Å². The van der Waals surface area contributed by atoms with Gasteiger partial charge in [-0.1, -0.05) is 17.7 Å². The number of nitrogens with zero attached hydrogens (tertiary/aromatic N) is 5. The highest BCUT2D eigenvalue weighted by Crippen LogP contribution is 2.20. The lowest BCUT2D eigenvalue weighted by Crippen LogP contribution is -2.40. The van der Waals surface area contributed by atoms with Gasteiger partial charge in [-0.15, -0.1) is 5.10 Å². The van der Waals surface area contributed by atoms with Crippen LogP contribution in [0.1, 0.15) is 21.6 Å². The molecule has 10 nitrogen and oxygen atoms in total. The Kier molecular flexibility index (Phi) is 7.99. The summed E-state index contributed by atoms with van der Waals surface area (Å²) in [6.45, 7) is 0.398. The maximum Gasteiger partial charge on any atom is 0.335 e. The van der Waals surface area contributed by atoms with Gasteiger partial charge in [-0.05, 0) is 71.1 Å². The van der Waals surface area contributed by atoms with Crippen LogP contribution in [0.15, 0.2) is 79.3 Å². The van der Waals surface area contributed by atoms with Crippen molar-refractivity contribution in [2.24, 2.45) is 0 Å². The quantitative estimate of drug-likeness (QED) is 0.281. The number of aromatic nitrogens is 5. The van der Waals surface area contributed by atoms with E-state index in [0.717, 1.165) is 11.4 Å². The first-order valence-corrected chi connectivity index (χ1v) is 11.3. The summed E-state index contributed by atoms with van der Waals surface area (Å²) in [5.74, 6) is -1.29. The fourth-order valence-corrected chi connectivity index (χ4v) is 3.65. The van der Waals surface area contributed by atoms with E-state index >= 15 is 0 Å². The molecule has 2 aromatic carbocycles. The van der Waals surface area contributed by atoms with Gasteiger partial charge >= 0.3 is 5.97 Å². The topological polar surface area (TPSA) is 135 Å². The van der Waals surface area contributed by atoms with E-state index in [9.17, 15) is 9.59 Å². The third-order valence-electron chi connectivity index (χ3n) is 5.21. The number of nitrogens with one attached hydrogen (secondary N) is 2. The lowest BCUT2D eigenvalue weighted by molar-refractivity contribution is -0.117. The van der Waals surface area contributed by atoms with E-state index in [2.05, 4.69) is 31.1 Å². The lowest BCUT2D eigenvalue weighted by Gasteiger charge is -2.19. The minimum absolute atomic E-state index is 0.200. The highest BCUT2D eigenvalue weighted by Gasteiger charge is 2.14. The number of halogens is 1. The van der Waals surface area contributed by atoms with Gasteiger partial charge in [0.25, 0.3) is 0 Å². The maximum atomic E-state index is 12.8. The van der Waals surface area contributed by atoms with Crippen molar-refractivity contribution in [1.29, 1.82) is 0 Å². The number of carbonyl (C=O) groups excluding carboxylic acids is 1. The van der Waals surface area contributed by atoms with Crippen molar-refractivity contribution in [2.45, 2.75) is 12.5 Å². The van der Waals surface area contributed by atoms with Gasteiger partial charge in [-0.3, -0.25) is 9.78 Å². The van der Waals surface area contributed by atoms with Crippen LogP contribution in [-0.4, -0.2) is 54.8 Å². The van der Waals surface area contributed by atoms with Crippen LogP contribution < -0.4 is 10.6 Å². The fourth-order valence-electron chi connectivity index (χ4n) is 3.47. The molecular weight excluding hydrogens is 482 g/mol. The number of hydrogen-bond donors (Lipinski definition) is 3. The van der Waals surface area contributed by atoms with Crippen molar-refractivity contribution in [1.82, 2.24) is 30.5 Å². The first-order chi connectivity index (χ1) is 17.5. The van der Waals surface area contributed by atoms with E-state index in [1.54, 1.807) is 42.6 Å². The number of aromatic carboxylic acids is 1. The predicted octanol–water partition coefficient (Wildman–Crippen LogP) is 3.26. The van der Waals surface area contributed by atoms with Crippen LogP contribution in [0.25, 0.3) is 11.8 Å². The summed E-state index contributed by atoms with van der Waals surface area (Å²) in [6.07, 6.45) is 6.72. The number of carboxylic acid groups (broad SMARTS) is 1. The molecular formula is C25H22ClN7O3. The van der Waals surface area contributed by atoms with Gasteiger partial charge in [0.05, 0.1) is 17.3 Å². The Morgan fingerprint density at radius 2 is 1.94 bits per heavy atom. The fraction of sp³-hybridized carbons (Fsp3) is 0.120. The number of benzene rings is 2. The van der Waals surface area contributed by atoms with Crippen LogP contribution in [-0.2, 0) is 11.2 Å². The molecule has 3 N–H and O–H groups in total. The molecule has 0 fully saturated rings. The second-order valence-corrected chi connectivity index (χ2v) is 8.22. The Morgan fingerprint density at radius 1 is 1.11 bits per heavy atom. The van der Waals surface area contributed by atoms with E-state index in [1.165, 1.54) is 29.2 Å². The van der Waals surface area contributed by atoms with Crippen LogP contribution in [0, 0.1) is 0 Å². The van der Waals surface area contributed by atoms with Gasteiger partial charge in [-0.25, -0.2) is 4.79 Å². The summed E-state index contributed by atoms with van der Waals surface area (Å²) in [4.78, 5) is 28.3. The Bertz CT molecular complexity index is 1340. The summed E-state index contributed by atoms with van der Waals surface area (Å²) in [5.41, 5.74) is 3.10. The van der Waals surface area contributed by atoms with Gasteiger partial charge in [0.15, 0.2) is 0 Å². The average molecular weight is 504 g/mol. The lowest BCUT2D eigenvalue weighted by atomic mass is 10.1. The molecule has 182 valence electrons. The number of carboxylic acids is 1. The molecule has 0 saturated heterocycles. The second-order valence-electron chi connectivity index (χ2n) is 7.78. The summed E-state index contributed by atoms with van der Waals surface area (Å²) in [7, 11) is 0. The number of tetrazole rings is 1. The summed E-state index contributed by atoms with van der Waals surface area (Å²) in [6, 6.07) is 16.9. The first kappa shape index (κ1) is 24.6. The van der Waals surface area contributed by atoms with Gasteiger partial charge in [-0.2, -0.15) is 4.68 Å². The molecule has 0 unspecified atom stereocenters. The van der Waals surface area contributed by atoms with Crippen molar-refractivity contribution in [3.8, 4) is 5.69 Å². The zero-order chi connectivity index (χ0) is 25.3. The molecule has 0 saturated carbocycles. The van der Waals surface area contributed by atoms with Gasteiger partial charge < -0.3 is 15.7 Å². The molecule has 0 radical (unpaired) electrons. The van der Waals surface area contributed by atoms with E-state index in [0.29, 0.717) is 29.2 Å². The van der Waals surface area contributed by atoms with Crippen molar-refractivity contribution < 1.29 is 14.7 Å². The third-order valence-corrected chi connectivity index (χ3v) is 5.45. The molecule has 1 atom stereocenters. The molecule has 0 bridgehead atoms. The van der Waals surface area contributed by atoms with Crippen molar-refractivity contribution >= 4 is 35.2 Å². The molecule has 2 aromatic heterocycles. The third kappa shape index (κ3) is 6.73. The number of rotatable bonds is 10. The molecule has 0 spiro atoms. The molecule has 4 rings (SSSR count). The highest BCUT2D eigenvalue weighted by molar-refractivity contribution is 6.30. The van der Waals surface area contributed by atoms with Crippen molar-refractivity contribution in [3.05, 3.63) is 101 Å². The number of amides is 1. The number of hydrogen-bond acceptors (Lipinski definition) is 7. The monoisotopic (exact) mass is 503 g/mol. The minimum Gasteiger partial charge on any atom is -0.478 e. The SMILES string of the molecule is O=C(/C=C/c1cc(Cl)ccc1-n1cnnn1)N[C@H](CNc1ccc(C(=O)O)cc1)Cc1ccccn1. The van der Waals surface area contributed by atoms with E-state index in [-0.39, 0.29) is 17.5 Å². The van der Waals surface area contributed by atoms with Crippen LogP contribution >= 0.6 is 11.6 Å². The maximum absolute atomic E-state index is 12.8. The molecule has 36 heavy (non-hydrogen) atoms. The molecule has 0 aliphatic heterocycles. The van der Waals surface area contributed by atoms with Crippen LogP contribution in [0.5, 0.6) is 0 Å². The zero-order valence-electron chi connectivity index (χ0n) is 19.0. The highest BCUT2D eigenvalue weighted by atomic mass is 35.5. The Morgan fingerprint density at radius 3 is 2.64 bits per heavy atom. The molecule has 0 aliphatic carbocycles. The second kappa shape index (κ2) is 11.7. The standard InChI is InChI=1S/C25H22ClN7O3/c26-19-7-10-23(33-16-29-31-32-33)18(13-19)6-11-24(34)30-22(14-21-3-1-2-12-27-21)15-28-20-8-4-17(5-9-20)25(35)36/h1-13,16,22,28H,14-15H2,(H,30,34)(H,35,36)/b11-6+/t22-/m0/s1. The minimum atomic E-state index is -0.989. The average Bonchev–Trinajstić information content (AvgIpc) is 3.42. The summed E-state index contributed by atoms with van der Waals surface area (Å²) >= 11 is 6.15. The molecule has 0 aliphatic rings. The Hall–Kier alpha value is -4.57. The summed E-state index contributed by atoms with van der Waals surface area (Å²) < 4.78 is 1.48. The normalized spacial score (nSPS) is 11.8. The molecule has 1 amide bonds. The molecule has 2 heterocycles. The number of carbonyl (C=O) groups is 2. The largest absolute Gasteiger partial charge is 0.478 e. The first-order valence-electron chi connectivity index (χ1n) is 11.0. The van der Waals surface area contributed by atoms with E-state index in [1.807, 2.05) is 18.2 Å². The number of anilines is 1. The predicted molar refractivity (Wildman–Crippen MR) is 135 cm³/mol. The smallest absolute Gasteiger partial charge is 0.335 e. The van der Waals surface area contributed by atoms with E-state index in [4.69, 9.17) is 16.7 Å². The van der Waals surface area contributed by atoms with E-state index < -0.39 is 5.97 Å². The molecule has 4 aromatic rings. The van der Waals surface area contributed by atoms with Crippen LogP contribution in [0.2, 0.25) is 5.02 Å². The Balaban J connectivity index is 1.46. The zero-order valence-corrected chi connectivity index (χ0v) is 19.7. The van der Waals surface area contributed by atoms with Gasteiger partial charge in [0.1, 0.15) is 6.33 Å². The summed E-state index contributed by atoms with van der Waals surface area (Å²) in [5, 5.41) is 27.0. The van der Waals surface area contributed by atoms with Crippen molar-refractivity contribution in [3.63, 3.8) is 0 Å². The van der Waals surface area contributed by atoms with Crippen LogP contribution in [0.3, 0.4) is 0 Å².